The van der Waals surface area contributed by atoms with Crippen molar-refractivity contribution < 1.29 is 21.7 Å². The van der Waals surface area contributed by atoms with Crippen LogP contribution in [0.3, 0.4) is 0 Å². The van der Waals surface area contributed by atoms with Gasteiger partial charge in [-0.25, -0.2) is 17.2 Å². The zero-order valence-electron chi connectivity index (χ0n) is 15.4. The second-order valence-electron chi connectivity index (χ2n) is 6.46. The van der Waals surface area contributed by atoms with Crippen molar-refractivity contribution in [2.45, 2.75) is 11.3 Å². The lowest BCUT2D eigenvalue weighted by Gasteiger charge is -2.08. The molecule has 0 saturated carbocycles. The minimum absolute atomic E-state index is 0.0480. The minimum Gasteiger partial charge on any atom is -0.339 e. The lowest BCUT2D eigenvalue weighted by Crippen LogP contribution is -2.12. The number of aromatic nitrogens is 2. The predicted molar refractivity (Wildman–Crippen MR) is 106 cm³/mol. The summed E-state index contributed by atoms with van der Waals surface area (Å²) in [6.45, 7) is 0. The van der Waals surface area contributed by atoms with Gasteiger partial charge in [-0.2, -0.15) is 4.98 Å². The second-order valence-corrected chi connectivity index (χ2v) is 8.14. The van der Waals surface area contributed by atoms with E-state index < -0.39 is 15.8 Å². The molecule has 3 aromatic carbocycles. The van der Waals surface area contributed by atoms with Crippen molar-refractivity contribution in [3.05, 3.63) is 95.9 Å². The van der Waals surface area contributed by atoms with E-state index in [0.717, 1.165) is 12.1 Å². The molecule has 4 rings (SSSR count). The zero-order chi connectivity index (χ0) is 21.1. The van der Waals surface area contributed by atoms with Crippen LogP contribution in [-0.4, -0.2) is 18.6 Å². The topological polar surface area (TPSA) is 85.1 Å². The quantitative estimate of drug-likeness (QED) is 0.493. The van der Waals surface area contributed by atoms with E-state index in [1.54, 1.807) is 36.4 Å². The molecule has 0 aliphatic carbocycles. The highest BCUT2D eigenvalue weighted by Crippen LogP contribution is 2.22. The predicted octanol–water partition coefficient (Wildman–Crippen LogP) is 4.41. The number of nitrogens with zero attached hydrogens (tertiary/aromatic N) is 2. The number of hydrogen-bond donors (Lipinski definition) is 1. The zero-order valence-corrected chi connectivity index (χ0v) is 16.2. The minimum atomic E-state index is -3.84. The van der Waals surface area contributed by atoms with E-state index in [-0.39, 0.29) is 10.7 Å². The van der Waals surface area contributed by atoms with Crippen LogP contribution < -0.4 is 4.72 Å². The maximum absolute atomic E-state index is 13.3. The maximum Gasteiger partial charge on any atom is 0.261 e. The average Bonchev–Trinajstić information content (AvgIpc) is 3.17. The molecule has 0 saturated heterocycles. The third kappa shape index (κ3) is 4.52. The maximum atomic E-state index is 13.3. The molecule has 152 valence electrons. The van der Waals surface area contributed by atoms with Crippen LogP contribution in [0.2, 0.25) is 0 Å². The van der Waals surface area contributed by atoms with E-state index >= 15 is 0 Å². The summed E-state index contributed by atoms with van der Waals surface area (Å²) >= 11 is 0. The summed E-state index contributed by atoms with van der Waals surface area (Å²) in [4.78, 5) is 4.24. The van der Waals surface area contributed by atoms with Gasteiger partial charge in [0.25, 0.3) is 10.0 Å². The molecule has 0 unspecified atom stereocenters. The Balaban J connectivity index is 1.47. The van der Waals surface area contributed by atoms with Gasteiger partial charge < -0.3 is 4.52 Å². The Morgan fingerprint density at radius 2 is 1.63 bits per heavy atom. The van der Waals surface area contributed by atoms with Crippen LogP contribution in [0.1, 0.15) is 11.5 Å². The number of rotatable bonds is 6. The monoisotopic (exact) mass is 427 g/mol. The van der Waals surface area contributed by atoms with Gasteiger partial charge in [0.2, 0.25) is 11.7 Å². The standard InChI is InChI=1S/C21H15F2N3O3S/c22-16-6-10-19(11-7-16)30(27,28)26-18-8-4-15(5-9-18)21-24-20(29-25-21)13-14-2-1-3-17(23)12-14/h1-12,26H,13H2. The Morgan fingerprint density at radius 3 is 2.33 bits per heavy atom. The molecule has 6 nitrogen and oxygen atoms in total. The Hall–Kier alpha value is -3.59. The van der Waals surface area contributed by atoms with Gasteiger partial charge in [-0.05, 0) is 66.2 Å². The van der Waals surface area contributed by atoms with E-state index in [1.165, 1.54) is 24.3 Å². The summed E-state index contributed by atoms with van der Waals surface area (Å²) in [5.41, 5.74) is 1.65. The van der Waals surface area contributed by atoms with Crippen LogP contribution in [0.5, 0.6) is 0 Å². The van der Waals surface area contributed by atoms with Gasteiger partial charge in [0, 0.05) is 11.3 Å². The average molecular weight is 427 g/mol. The van der Waals surface area contributed by atoms with Gasteiger partial charge >= 0.3 is 0 Å². The molecular weight excluding hydrogens is 412 g/mol. The fourth-order valence-electron chi connectivity index (χ4n) is 2.78. The normalized spacial score (nSPS) is 11.4. The van der Waals surface area contributed by atoms with Crippen LogP contribution >= 0.6 is 0 Å². The highest BCUT2D eigenvalue weighted by molar-refractivity contribution is 7.92. The molecule has 0 radical (unpaired) electrons. The first kappa shape index (κ1) is 19.7. The molecule has 0 amide bonds. The molecule has 1 N–H and O–H groups in total. The Morgan fingerprint density at radius 1 is 0.900 bits per heavy atom. The first-order chi connectivity index (χ1) is 14.4. The molecule has 1 heterocycles. The third-order valence-corrected chi connectivity index (χ3v) is 5.63. The Labute approximate surface area is 171 Å². The molecule has 0 spiro atoms. The second kappa shape index (κ2) is 8.03. The highest BCUT2D eigenvalue weighted by Gasteiger charge is 2.15. The number of sulfonamides is 1. The molecule has 0 fully saturated rings. The summed E-state index contributed by atoms with van der Waals surface area (Å²) < 4.78 is 58.7. The first-order valence-corrected chi connectivity index (χ1v) is 10.3. The summed E-state index contributed by atoms with van der Waals surface area (Å²) in [5, 5.41) is 3.91. The van der Waals surface area contributed by atoms with Crippen LogP contribution in [0.4, 0.5) is 14.5 Å². The smallest absolute Gasteiger partial charge is 0.261 e. The van der Waals surface area contributed by atoms with Gasteiger partial charge in [0.05, 0.1) is 11.3 Å². The Bertz CT molecular complexity index is 1270. The van der Waals surface area contributed by atoms with E-state index in [1.807, 2.05) is 0 Å². The summed E-state index contributed by atoms with van der Waals surface area (Å²) in [6.07, 6.45) is 0.292. The van der Waals surface area contributed by atoms with Crippen molar-refractivity contribution in [3.63, 3.8) is 0 Å². The van der Waals surface area contributed by atoms with E-state index in [9.17, 15) is 17.2 Å². The van der Waals surface area contributed by atoms with Crippen molar-refractivity contribution in [3.8, 4) is 11.4 Å². The fraction of sp³-hybridized carbons (Fsp3) is 0.0476. The molecular formula is C21H15F2N3O3S. The number of benzene rings is 3. The number of halogens is 2. The third-order valence-electron chi connectivity index (χ3n) is 4.23. The Kier molecular flexibility index (Phi) is 5.28. The lowest BCUT2D eigenvalue weighted by molar-refractivity contribution is 0.385. The van der Waals surface area contributed by atoms with Crippen molar-refractivity contribution in [1.29, 1.82) is 0 Å². The van der Waals surface area contributed by atoms with Gasteiger partial charge in [-0.15, -0.1) is 0 Å². The lowest BCUT2D eigenvalue weighted by atomic mass is 10.1. The molecule has 9 heteroatoms. The van der Waals surface area contributed by atoms with E-state index in [0.29, 0.717) is 35.0 Å². The SMILES string of the molecule is O=S(=O)(Nc1ccc(-c2noc(Cc3cccc(F)c3)n2)cc1)c1ccc(F)cc1. The summed E-state index contributed by atoms with van der Waals surface area (Å²) in [5.74, 6) is -0.202. The number of anilines is 1. The van der Waals surface area contributed by atoms with Crippen molar-refractivity contribution in [2.24, 2.45) is 0 Å². The van der Waals surface area contributed by atoms with Crippen LogP contribution in [0, 0.1) is 11.6 Å². The number of nitrogens with one attached hydrogen (secondary N) is 1. The van der Waals surface area contributed by atoms with Gasteiger partial charge in [-0.3, -0.25) is 4.72 Å². The van der Waals surface area contributed by atoms with E-state index in [2.05, 4.69) is 14.9 Å². The van der Waals surface area contributed by atoms with Gasteiger partial charge in [0.1, 0.15) is 11.6 Å². The number of hydrogen-bond acceptors (Lipinski definition) is 5. The summed E-state index contributed by atoms with van der Waals surface area (Å²) in [7, 11) is -3.84. The van der Waals surface area contributed by atoms with Gasteiger partial charge in [-0.1, -0.05) is 17.3 Å². The molecule has 0 aliphatic rings. The van der Waals surface area contributed by atoms with Crippen molar-refractivity contribution in [1.82, 2.24) is 10.1 Å². The van der Waals surface area contributed by atoms with Crippen LogP contribution in [-0.2, 0) is 16.4 Å². The molecule has 4 aromatic rings. The van der Waals surface area contributed by atoms with Crippen molar-refractivity contribution >= 4 is 15.7 Å². The van der Waals surface area contributed by atoms with Crippen LogP contribution in [0.25, 0.3) is 11.4 Å². The molecule has 30 heavy (non-hydrogen) atoms. The van der Waals surface area contributed by atoms with Gasteiger partial charge in [0.15, 0.2) is 0 Å². The first-order valence-electron chi connectivity index (χ1n) is 8.85. The molecule has 0 bridgehead atoms. The largest absolute Gasteiger partial charge is 0.339 e. The molecule has 0 aliphatic heterocycles. The fourth-order valence-corrected chi connectivity index (χ4v) is 3.84. The van der Waals surface area contributed by atoms with E-state index in [4.69, 9.17) is 4.52 Å². The molecule has 1 aromatic heterocycles. The van der Waals surface area contributed by atoms with Crippen molar-refractivity contribution in [2.75, 3.05) is 4.72 Å². The highest BCUT2D eigenvalue weighted by atomic mass is 32.2. The molecule has 0 atom stereocenters. The van der Waals surface area contributed by atoms with Crippen LogP contribution in [0.15, 0.2) is 82.2 Å². The summed E-state index contributed by atoms with van der Waals surface area (Å²) in [6, 6.07) is 17.0.